The van der Waals surface area contributed by atoms with E-state index >= 15 is 0 Å². The summed E-state index contributed by atoms with van der Waals surface area (Å²) in [5, 5.41) is 9.35. The molecule has 4 nitrogen and oxygen atoms in total. The van der Waals surface area contributed by atoms with Crippen LogP contribution < -0.4 is 4.74 Å². The lowest BCUT2D eigenvalue weighted by molar-refractivity contribution is -0.105. The zero-order valence-corrected chi connectivity index (χ0v) is 13.4. The van der Waals surface area contributed by atoms with E-state index in [2.05, 4.69) is 0 Å². The molecule has 0 spiro atoms. The molecule has 0 fully saturated rings. The molecule has 1 unspecified atom stereocenters. The van der Waals surface area contributed by atoms with Crippen molar-refractivity contribution in [3.8, 4) is 5.75 Å². The summed E-state index contributed by atoms with van der Waals surface area (Å²) in [7, 11) is 0. The van der Waals surface area contributed by atoms with Crippen molar-refractivity contribution in [1.82, 2.24) is 0 Å². The molecule has 5 heteroatoms. The first kappa shape index (κ1) is 17.5. The van der Waals surface area contributed by atoms with Crippen LogP contribution in [0.4, 0.5) is 0 Å². The molecule has 2 aromatic rings. The minimum absolute atomic E-state index is 0.0234. The van der Waals surface area contributed by atoms with Gasteiger partial charge in [-0.3, -0.25) is 4.79 Å². The van der Waals surface area contributed by atoms with Crippen LogP contribution in [0.5, 0.6) is 5.75 Å². The molecule has 0 bridgehead atoms. The number of ketones is 1. The molecule has 122 valence electrons. The minimum atomic E-state index is -0.859. The van der Waals surface area contributed by atoms with E-state index < -0.39 is 6.29 Å². The van der Waals surface area contributed by atoms with Gasteiger partial charge in [0.25, 0.3) is 0 Å². The molecule has 0 amide bonds. The summed E-state index contributed by atoms with van der Waals surface area (Å²) in [4.78, 5) is 12.3. The third-order valence-electron chi connectivity index (χ3n) is 3.17. The van der Waals surface area contributed by atoms with Gasteiger partial charge in [-0.15, -0.1) is 11.6 Å². The van der Waals surface area contributed by atoms with E-state index in [4.69, 9.17) is 21.1 Å². The van der Waals surface area contributed by atoms with Crippen molar-refractivity contribution in [2.75, 3.05) is 19.1 Å². The molecule has 0 aromatic heterocycles. The summed E-state index contributed by atoms with van der Waals surface area (Å²) in [6.45, 7) is 0.577. The van der Waals surface area contributed by atoms with Crippen molar-refractivity contribution in [3.05, 3.63) is 65.7 Å². The Labute approximate surface area is 140 Å². The number of carbonyl (C=O) groups is 1. The van der Waals surface area contributed by atoms with E-state index in [9.17, 15) is 9.90 Å². The zero-order chi connectivity index (χ0) is 16.5. The van der Waals surface area contributed by atoms with E-state index in [0.717, 1.165) is 0 Å². The second-order valence-corrected chi connectivity index (χ2v) is 5.25. The Balaban J connectivity index is 1.82. The van der Waals surface area contributed by atoms with Gasteiger partial charge < -0.3 is 14.6 Å². The Morgan fingerprint density at radius 1 is 1.00 bits per heavy atom. The lowest BCUT2D eigenvalue weighted by Gasteiger charge is -2.11. The van der Waals surface area contributed by atoms with E-state index in [1.165, 1.54) is 0 Å². The van der Waals surface area contributed by atoms with Crippen LogP contribution in [0.3, 0.4) is 0 Å². The Bertz CT molecular complexity index is 598. The summed E-state index contributed by atoms with van der Waals surface area (Å²) >= 11 is 5.49. The summed E-state index contributed by atoms with van der Waals surface area (Å²) in [5.74, 6) is 0.966. The first-order chi connectivity index (χ1) is 11.2. The van der Waals surface area contributed by atoms with Crippen LogP contribution >= 0.6 is 11.6 Å². The molecule has 1 atom stereocenters. The van der Waals surface area contributed by atoms with E-state index in [1.54, 1.807) is 36.4 Å². The monoisotopic (exact) mass is 334 g/mol. The molecule has 0 heterocycles. The highest BCUT2D eigenvalue weighted by Crippen LogP contribution is 2.15. The summed E-state index contributed by atoms with van der Waals surface area (Å²) in [6.07, 6.45) is -0.473. The van der Waals surface area contributed by atoms with Gasteiger partial charge in [0.15, 0.2) is 12.1 Å². The predicted octanol–water partition coefficient (Wildman–Crippen LogP) is 3.26. The topological polar surface area (TPSA) is 55.8 Å². The maximum absolute atomic E-state index is 12.3. The summed E-state index contributed by atoms with van der Waals surface area (Å²) in [6, 6.07) is 16.1. The maximum Gasteiger partial charge on any atom is 0.193 e. The van der Waals surface area contributed by atoms with Gasteiger partial charge in [0, 0.05) is 23.4 Å². The fourth-order valence-corrected chi connectivity index (χ4v) is 2.17. The number of rotatable bonds is 9. The first-order valence-corrected chi connectivity index (χ1v) is 7.92. The van der Waals surface area contributed by atoms with Gasteiger partial charge in [-0.05, 0) is 24.3 Å². The molecule has 23 heavy (non-hydrogen) atoms. The highest BCUT2D eigenvalue weighted by atomic mass is 35.5. The summed E-state index contributed by atoms with van der Waals surface area (Å²) in [5.41, 5.74) is 1.26. The quantitative estimate of drug-likeness (QED) is 0.331. The van der Waals surface area contributed by atoms with Crippen LogP contribution in [0.25, 0.3) is 0 Å². The average molecular weight is 335 g/mol. The van der Waals surface area contributed by atoms with Gasteiger partial charge in [0.2, 0.25) is 0 Å². The van der Waals surface area contributed by atoms with Crippen LogP contribution in [-0.4, -0.2) is 36.3 Å². The molecule has 0 aliphatic rings. The molecule has 0 aliphatic carbocycles. The molecule has 0 saturated carbocycles. The van der Waals surface area contributed by atoms with E-state index in [1.807, 2.05) is 18.2 Å². The van der Waals surface area contributed by atoms with Gasteiger partial charge in [0.1, 0.15) is 12.4 Å². The number of aliphatic hydroxyl groups is 1. The molecule has 0 radical (unpaired) electrons. The van der Waals surface area contributed by atoms with E-state index in [0.29, 0.717) is 35.8 Å². The highest BCUT2D eigenvalue weighted by Gasteiger charge is 2.08. The molecule has 1 N–H and O–H groups in total. The number of alkyl halides is 1. The van der Waals surface area contributed by atoms with Crippen molar-refractivity contribution >= 4 is 17.4 Å². The van der Waals surface area contributed by atoms with Gasteiger partial charge in [-0.25, -0.2) is 0 Å². The number of halogens is 1. The lowest BCUT2D eigenvalue weighted by Crippen LogP contribution is -2.17. The third-order valence-corrected chi connectivity index (χ3v) is 3.39. The zero-order valence-electron chi connectivity index (χ0n) is 12.7. The summed E-state index contributed by atoms with van der Waals surface area (Å²) < 4.78 is 10.6. The number of hydrogen-bond acceptors (Lipinski definition) is 4. The van der Waals surface area contributed by atoms with Crippen molar-refractivity contribution in [2.24, 2.45) is 0 Å². The number of hydrogen-bond donors (Lipinski definition) is 1. The highest BCUT2D eigenvalue weighted by molar-refractivity contribution is 6.17. The Hall–Kier alpha value is -1.88. The van der Waals surface area contributed by atoms with Crippen LogP contribution in [-0.2, 0) is 4.74 Å². The van der Waals surface area contributed by atoms with Gasteiger partial charge >= 0.3 is 0 Å². The molecular formula is C18H19ClO4. The second kappa shape index (κ2) is 9.30. The van der Waals surface area contributed by atoms with Crippen molar-refractivity contribution < 1.29 is 19.4 Å². The van der Waals surface area contributed by atoms with Gasteiger partial charge in [0.05, 0.1) is 6.61 Å². The molecule has 0 saturated heterocycles. The van der Waals surface area contributed by atoms with Crippen LogP contribution in [0.2, 0.25) is 0 Å². The maximum atomic E-state index is 12.3. The van der Waals surface area contributed by atoms with Crippen molar-refractivity contribution in [2.45, 2.75) is 12.7 Å². The van der Waals surface area contributed by atoms with Crippen molar-refractivity contribution in [1.29, 1.82) is 0 Å². The van der Waals surface area contributed by atoms with E-state index in [-0.39, 0.29) is 12.4 Å². The first-order valence-electron chi connectivity index (χ1n) is 7.39. The normalized spacial score (nSPS) is 11.9. The molecular weight excluding hydrogens is 316 g/mol. The minimum Gasteiger partial charge on any atom is -0.491 e. The molecule has 2 aromatic carbocycles. The molecule has 0 aliphatic heterocycles. The molecule has 2 rings (SSSR count). The lowest BCUT2D eigenvalue weighted by atomic mass is 10.0. The number of benzene rings is 2. The Morgan fingerprint density at radius 3 is 2.30 bits per heavy atom. The fourth-order valence-electron chi connectivity index (χ4n) is 1.98. The standard InChI is InChI=1S/C18H19ClO4/c19-11-10-17(20)23-13-12-22-16-8-6-15(7-9-16)18(21)14-4-2-1-3-5-14/h1-9,17,20H,10-13H2. The Kier molecular flexibility index (Phi) is 7.07. The number of ether oxygens (including phenoxy) is 2. The van der Waals surface area contributed by atoms with Crippen LogP contribution in [0.15, 0.2) is 54.6 Å². The average Bonchev–Trinajstić information content (AvgIpc) is 2.60. The second-order valence-electron chi connectivity index (χ2n) is 4.87. The largest absolute Gasteiger partial charge is 0.491 e. The number of aliphatic hydroxyl groups excluding tert-OH is 1. The van der Waals surface area contributed by atoms with Gasteiger partial charge in [-0.1, -0.05) is 30.3 Å². The smallest absolute Gasteiger partial charge is 0.193 e. The van der Waals surface area contributed by atoms with Crippen molar-refractivity contribution in [3.63, 3.8) is 0 Å². The number of carbonyl (C=O) groups excluding carboxylic acids is 1. The van der Waals surface area contributed by atoms with Gasteiger partial charge in [-0.2, -0.15) is 0 Å². The SMILES string of the molecule is O=C(c1ccccc1)c1ccc(OCCOC(O)CCCl)cc1. The predicted molar refractivity (Wildman–Crippen MR) is 89.1 cm³/mol. The van der Waals surface area contributed by atoms with Crippen LogP contribution in [0.1, 0.15) is 22.3 Å². The Morgan fingerprint density at radius 2 is 1.65 bits per heavy atom. The third kappa shape index (κ3) is 5.67. The fraction of sp³-hybridized carbons (Fsp3) is 0.278. The van der Waals surface area contributed by atoms with Crippen LogP contribution in [0, 0.1) is 0 Å².